The van der Waals surface area contributed by atoms with Crippen molar-refractivity contribution in [3.8, 4) is 5.75 Å². The van der Waals surface area contributed by atoms with Crippen LogP contribution in [0.1, 0.15) is 35.6 Å². The number of benzene rings is 1. The number of furan rings is 1. The van der Waals surface area contributed by atoms with Gasteiger partial charge in [-0.3, -0.25) is 0 Å². The number of alkyl halides is 1. The van der Waals surface area contributed by atoms with Crippen LogP contribution in [0.3, 0.4) is 0 Å². The maximum atomic E-state index is 6.35. The summed E-state index contributed by atoms with van der Waals surface area (Å²) >= 11 is 16.2. The van der Waals surface area contributed by atoms with E-state index in [0.717, 1.165) is 23.3 Å². The van der Waals surface area contributed by atoms with Crippen molar-refractivity contribution in [3.63, 3.8) is 0 Å². The minimum absolute atomic E-state index is 0.0584. The number of rotatable bonds is 5. The second kappa shape index (κ2) is 6.88. The van der Waals surface area contributed by atoms with E-state index < -0.39 is 0 Å². The number of halogens is 3. The molecule has 0 N–H and O–H groups in total. The van der Waals surface area contributed by atoms with Crippen LogP contribution in [0.2, 0.25) is 10.0 Å². The Labute approximate surface area is 137 Å². The number of aryl methyl sites for hydroxylation is 1. The van der Waals surface area contributed by atoms with Crippen molar-refractivity contribution < 1.29 is 9.15 Å². The Morgan fingerprint density at radius 1 is 1.20 bits per heavy atom. The zero-order valence-electron chi connectivity index (χ0n) is 11.3. The summed E-state index contributed by atoms with van der Waals surface area (Å²) in [4.78, 5) is -0.0584. The third kappa shape index (κ3) is 3.16. The highest BCUT2D eigenvalue weighted by molar-refractivity contribution is 9.09. The van der Waals surface area contributed by atoms with Crippen molar-refractivity contribution in [2.45, 2.75) is 25.1 Å². The first-order valence-electron chi connectivity index (χ1n) is 6.40. The molecule has 0 saturated carbocycles. The number of hydrogen-bond donors (Lipinski definition) is 0. The molecule has 1 atom stereocenters. The summed E-state index contributed by atoms with van der Waals surface area (Å²) in [6, 6.07) is 5.53. The van der Waals surface area contributed by atoms with Gasteiger partial charge in [-0.25, -0.2) is 0 Å². The topological polar surface area (TPSA) is 22.4 Å². The molecule has 0 aliphatic rings. The van der Waals surface area contributed by atoms with Gasteiger partial charge < -0.3 is 9.15 Å². The van der Waals surface area contributed by atoms with Gasteiger partial charge in [0, 0.05) is 23.1 Å². The highest BCUT2D eigenvalue weighted by Gasteiger charge is 2.20. The Balaban J connectivity index is 2.40. The Hall–Kier alpha value is -0.640. The smallest absolute Gasteiger partial charge is 0.139 e. The number of ether oxygens (including phenoxy) is 1. The van der Waals surface area contributed by atoms with E-state index in [1.165, 1.54) is 0 Å². The van der Waals surface area contributed by atoms with Gasteiger partial charge in [0.1, 0.15) is 11.5 Å². The van der Waals surface area contributed by atoms with Crippen molar-refractivity contribution in [1.29, 1.82) is 0 Å². The van der Waals surface area contributed by atoms with Gasteiger partial charge in [-0.2, -0.15) is 0 Å². The van der Waals surface area contributed by atoms with Crippen molar-refractivity contribution in [2.24, 2.45) is 0 Å². The molecule has 0 fully saturated rings. The van der Waals surface area contributed by atoms with Crippen molar-refractivity contribution in [3.05, 3.63) is 51.4 Å². The van der Waals surface area contributed by atoms with Gasteiger partial charge in [0.2, 0.25) is 0 Å². The van der Waals surface area contributed by atoms with Gasteiger partial charge in [-0.05, 0) is 24.6 Å². The monoisotopic (exact) mass is 376 g/mol. The molecule has 0 saturated heterocycles. The fourth-order valence-corrected chi connectivity index (χ4v) is 3.44. The maximum absolute atomic E-state index is 6.35. The average Bonchev–Trinajstić information content (AvgIpc) is 2.90. The minimum atomic E-state index is -0.0584. The molecule has 1 heterocycles. The molecule has 2 aromatic rings. The lowest BCUT2D eigenvalue weighted by Crippen LogP contribution is -1.98. The molecule has 0 bridgehead atoms. The van der Waals surface area contributed by atoms with Crippen molar-refractivity contribution in [2.75, 3.05) is 6.61 Å². The van der Waals surface area contributed by atoms with Crippen LogP contribution in [-0.4, -0.2) is 6.61 Å². The van der Waals surface area contributed by atoms with Gasteiger partial charge in [0.15, 0.2) is 0 Å². The third-order valence-electron chi connectivity index (χ3n) is 3.00. The molecule has 108 valence electrons. The molecule has 0 spiro atoms. The quantitative estimate of drug-likeness (QED) is 0.593. The highest BCUT2D eigenvalue weighted by atomic mass is 79.9. The Morgan fingerprint density at radius 2 is 1.95 bits per heavy atom. The Kier molecular flexibility index (Phi) is 5.42. The molecule has 1 aromatic heterocycles. The van der Waals surface area contributed by atoms with Gasteiger partial charge in [-0.15, -0.1) is 0 Å². The lowest BCUT2D eigenvalue weighted by molar-refractivity contribution is 0.340. The summed E-state index contributed by atoms with van der Waals surface area (Å²) in [7, 11) is 0. The molecule has 5 heteroatoms. The first-order valence-corrected chi connectivity index (χ1v) is 8.07. The summed E-state index contributed by atoms with van der Waals surface area (Å²) in [5, 5.41) is 1.17. The first kappa shape index (κ1) is 15.7. The zero-order valence-corrected chi connectivity index (χ0v) is 14.3. The van der Waals surface area contributed by atoms with Gasteiger partial charge in [0.05, 0.1) is 22.7 Å². The standard InChI is InChI=1S/C15H15BrCl2O2/c1-3-13-9(5-6-20-13)15(16)10-7-12(18)14(19-4-2)8-11(10)17/h5-8,15H,3-4H2,1-2H3. The summed E-state index contributed by atoms with van der Waals surface area (Å²) < 4.78 is 10.9. The minimum Gasteiger partial charge on any atom is -0.492 e. The first-order chi connectivity index (χ1) is 9.58. The van der Waals surface area contributed by atoms with Gasteiger partial charge in [-0.1, -0.05) is 46.1 Å². The van der Waals surface area contributed by atoms with E-state index in [1.807, 2.05) is 19.1 Å². The largest absolute Gasteiger partial charge is 0.492 e. The molecule has 2 rings (SSSR count). The van der Waals surface area contributed by atoms with E-state index in [0.29, 0.717) is 22.4 Å². The third-order valence-corrected chi connectivity index (χ3v) is 4.61. The molecule has 0 aliphatic heterocycles. The lowest BCUT2D eigenvalue weighted by atomic mass is 10.0. The van der Waals surface area contributed by atoms with Crippen molar-refractivity contribution >= 4 is 39.1 Å². The molecule has 1 unspecified atom stereocenters. The molecule has 0 radical (unpaired) electrons. The molecule has 2 nitrogen and oxygen atoms in total. The summed E-state index contributed by atoms with van der Waals surface area (Å²) in [5.74, 6) is 1.54. The molecule has 1 aromatic carbocycles. The van der Waals surface area contributed by atoms with Crippen LogP contribution < -0.4 is 4.74 Å². The van der Waals surface area contributed by atoms with Crippen LogP contribution in [0, 0.1) is 0 Å². The molecule has 20 heavy (non-hydrogen) atoms. The second-order valence-electron chi connectivity index (χ2n) is 4.25. The van der Waals surface area contributed by atoms with Crippen LogP contribution in [0.15, 0.2) is 28.9 Å². The van der Waals surface area contributed by atoms with Gasteiger partial charge >= 0.3 is 0 Å². The Morgan fingerprint density at radius 3 is 2.60 bits per heavy atom. The lowest BCUT2D eigenvalue weighted by Gasteiger charge is -2.15. The second-order valence-corrected chi connectivity index (χ2v) is 5.98. The molecule has 0 aliphatic carbocycles. The van der Waals surface area contributed by atoms with Crippen LogP contribution in [0.5, 0.6) is 5.75 Å². The molecular formula is C15H15BrCl2O2. The fraction of sp³-hybridized carbons (Fsp3) is 0.333. The van der Waals surface area contributed by atoms with E-state index in [2.05, 4.69) is 22.9 Å². The predicted octanol–water partition coefficient (Wildman–Crippen LogP) is 6.03. The highest BCUT2D eigenvalue weighted by Crippen LogP contribution is 2.41. The van der Waals surface area contributed by atoms with E-state index in [-0.39, 0.29) is 4.83 Å². The number of hydrogen-bond acceptors (Lipinski definition) is 2. The predicted molar refractivity (Wildman–Crippen MR) is 86.5 cm³/mol. The van der Waals surface area contributed by atoms with Gasteiger partial charge in [0.25, 0.3) is 0 Å². The normalized spacial score (nSPS) is 12.4. The van der Waals surface area contributed by atoms with E-state index >= 15 is 0 Å². The van der Waals surface area contributed by atoms with Crippen LogP contribution in [0.25, 0.3) is 0 Å². The van der Waals surface area contributed by atoms with Crippen LogP contribution in [-0.2, 0) is 6.42 Å². The Bertz CT molecular complexity index is 596. The van der Waals surface area contributed by atoms with Crippen molar-refractivity contribution in [1.82, 2.24) is 0 Å². The zero-order chi connectivity index (χ0) is 14.7. The van der Waals surface area contributed by atoms with E-state index in [9.17, 15) is 0 Å². The summed E-state index contributed by atoms with van der Waals surface area (Å²) in [5.41, 5.74) is 1.96. The maximum Gasteiger partial charge on any atom is 0.139 e. The van der Waals surface area contributed by atoms with Crippen LogP contribution >= 0.6 is 39.1 Å². The molecule has 0 amide bonds. The summed E-state index contributed by atoms with van der Waals surface area (Å²) in [6.07, 6.45) is 2.51. The van der Waals surface area contributed by atoms with E-state index in [4.69, 9.17) is 32.4 Å². The SMILES string of the molecule is CCOc1cc(Cl)c(C(Br)c2ccoc2CC)cc1Cl. The van der Waals surface area contributed by atoms with Crippen LogP contribution in [0.4, 0.5) is 0 Å². The average molecular weight is 378 g/mol. The van der Waals surface area contributed by atoms with E-state index in [1.54, 1.807) is 12.3 Å². The fourth-order valence-electron chi connectivity index (χ4n) is 2.04. The summed E-state index contributed by atoms with van der Waals surface area (Å²) in [6.45, 7) is 4.51. The molecular weight excluding hydrogens is 363 g/mol.